The van der Waals surface area contributed by atoms with Crippen molar-refractivity contribution in [3.63, 3.8) is 0 Å². The van der Waals surface area contributed by atoms with Crippen molar-refractivity contribution in [3.05, 3.63) is 0 Å². The lowest BCUT2D eigenvalue weighted by atomic mass is 10.0. The van der Waals surface area contributed by atoms with E-state index in [1.54, 1.807) is 0 Å². The van der Waals surface area contributed by atoms with E-state index in [1.807, 2.05) is 0 Å². The van der Waals surface area contributed by atoms with Gasteiger partial charge in [0.2, 0.25) is 0 Å². The first-order chi connectivity index (χ1) is 9.77. The predicted octanol–water partition coefficient (Wildman–Crippen LogP) is 6.26. The van der Waals surface area contributed by atoms with Crippen LogP contribution in [0.25, 0.3) is 0 Å². The van der Waals surface area contributed by atoms with E-state index in [9.17, 15) is 0 Å². The monoisotopic (exact) mass is 381 g/mol. The third-order valence-corrected chi connectivity index (χ3v) is 4.45. The fraction of sp³-hybridized carbons (Fsp3) is 0.938. The van der Waals surface area contributed by atoms with E-state index in [0.29, 0.717) is 4.32 Å². The molecule has 0 amide bonds. The van der Waals surface area contributed by atoms with Gasteiger partial charge in [0.1, 0.15) is 4.32 Å². The summed E-state index contributed by atoms with van der Waals surface area (Å²) in [5, 5.41) is 4.25. The van der Waals surface area contributed by atoms with E-state index in [0.717, 1.165) is 6.54 Å². The summed E-state index contributed by atoms with van der Waals surface area (Å²) in [4.78, 5) is 0. The summed E-state index contributed by atoms with van der Waals surface area (Å²) < 4.78 is 0.622. The van der Waals surface area contributed by atoms with Crippen molar-refractivity contribution in [1.29, 1.82) is 0 Å². The lowest BCUT2D eigenvalue weighted by Crippen LogP contribution is -2.17. The average Bonchev–Trinajstić information content (AvgIpc) is 2.43. The van der Waals surface area contributed by atoms with Crippen LogP contribution in [0.4, 0.5) is 0 Å². The number of thiocarbonyl (C=S) groups is 1. The molecule has 0 bridgehead atoms. The Morgan fingerprint density at radius 1 is 0.700 bits per heavy atom. The molecule has 0 aromatic carbocycles. The largest absolute Gasteiger partial charge is 0.371 e. The summed E-state index contributed by atoms with van der Waals surface area (Å²) in [7, 11) is 0. The van der Waals surface area contributed by atoms with Crippen molar-refractivity contribution < 1.29 is 0 Å². The van der Waals surface area contributed by atoms with Crippen LogP contribution >= 0.6 is 40.8 Å². The maximum Gasteiger partial charge on any atom is 0.130 e. The second-order valence-corrected chi connectivity index (χ2v) is 7.47. The van der Waals surface area contributed by atoms with Crippen LogP contribution in [-0.2, 0) is 0 Å². The van der Waals surface area contributed by atoms with E-state index in [1.165, 1.54) is 88.8 Å². The Bertz CT molecular complexity index is 213. The van der Waals surface area contributed by atoms with Crippen LogP contribution in [0.2, 0.25) is 0 Å². The highest BCUT2D eigenvalue weighted by atomic mass is 79.9. The lowest BCUT2D eigenvalue weighted by molar-refractivity contribution is 0.539. The van der Waals surface area contributed by atoms with Crippen molar-refractivity contribution in [1.82, 2.24) is 5.32 Å². The minimum atomic E-state index is 0.622. The molecular formula is C16H32BrNS2. The highest BCUT2D eigenvalue weighted by Crippen LogP contribution is 2.12. The summed E-state index contributed by atoms with van der Waals surface area (Å²) >= 11 is 12.4. The summed E-state index contributed by atoms with van der Waals surface area (Å²) in [6, 6.07) is 0. The minimum absolute atomic E-state index is 0.622. The molecule has 20 heavy (non-hydrogen) atoms. The zero-order chi connectivity index (χ0) is 14.9. The smallest absolute Gasteiger partial charge is 0.130 e. The average molecular weight is 382 g/mol. The fourth-order valence-corrected chi connectivity index (χ4v) is 2.97. The van der Waals surface area contributed by atoms with Crippen molar-refractivity contribution in [2.45, 2.75) is 83.5 Å². The summed E-state index contributed by atoms with van der Waals surface area (Å²) in [6.45, 7) is 0.984. The van der Waals surface area contributed by atoms with Crippen LogP contribution in [-0.4, -0.2) is 16.2 Å². The molecule has 0 aromatic heterocycles. The van der Waals surface area contributed by atoms with Crippen LogP contribution in [0.5, 0.6) is 0 Å². The van der Waals surface area contributed by atoms with Crippen molar-refractivity contribution in [2.75, 3.05) is 11.9 Å². The van der Waals surface area contributed by atoms with Gasteiger partial charge in [-0.3, -0.25) is 0 Å². The number of nitrogens with one attached hydrogen (secondary N) is 1. The van der Waals surface area contributed by atoms with Gasteiger partial charge in [-0.2, -0.15) is 0 Å². The van der Waals surface area contributed by atoms with Gasteiger partial charge in [-0.25, -0.2) is 0 Å². The SMILES string of the molecule is S=C(S)NCCCCCCCCCCCCCCCBr. The molecule has 0 aliphatic carbocycles. The van der Waals surface area contributed by atoms with E-state index in [-0.39, 0.29) is 0 Å². The van der Waals surface area contributed by atoms with E-state index in [4.69, 9.17) is 12.2 Å². The van der Waals surface area contributed by atoms with Gasteiger partial charge in [-0.05, 0) is 12.8 Å². The van der Waals surface area contributed by atoms with Gasteiger partial charge < -0.3 is 5.32 Å². The Morgan fingerprint density at radius 3 is 1.40 bits per heavy atom. The molecular weight excluding hydrogens is 350 g/mol. The van der Waals surface area contributed by atoms with Gasteiger partial charge in [0, 0.05) is 11.9 Å². The molecule has 0 radical (unpaired) electrons. The zero-order valence-corrected chi connectivity index (χ0v) is 16.1. The Labute approximate surface area is 145 Å². The summed E-state index contributed by atoms with van der Waals surface area (Å²) in [5.41, 5.74) is 0. The highest BCUT2D eigenvalue weighted by molar-refractivity contribution is 9.09. The first kappa shape index (κ1) is 20.7. The molecule has 0 heterocycles. The highest BCUT2D eigenvalue weighted by Gasteiger charge is 1.94. The fourth-order valence-electron chi connectivity index (χ4n) is 2.36. The van der Waals surface area contributed by atoms with Gasteiger partial charge in [-0.1, -0.05) is 98.8 Å². The van der Waals surface area contributed by atoms with Crippen LogP contribution in [0.15, 0.2) is 0 Å². The standard InChI is InChI=1S/C16H32BrNS2/c17-14-12-10-8-6-4-2-1-3-5-7-9-11-13-15-18-16(19)20/h1-15H2,(H2,18,19,20). The second-order valence-electron chi connectivity index (χ2n) is 5.52. The topological polar surface area (TPSA) is 12.0 Å². The van der Waals surface area contributed by atoms with Gasteiger partial charge >= 0.3 is 0 Å². The van der Waals surface area contributed by atoms with Crippen molar-refractivity contribution >= 4 is 45.1 Å². The summed E-state index contributed by atoms with van der Waals surface area (Å²) in [5.74, 6) is 0. The zero-order valence-electron chi connectivity index (χ0n) is 12.8. The maximum absolute atomic E-state index is 4.85. The molecule has 0 spiro atoms. The molecule has 4 heteroatoms. The van der Waals surface area contributed by atoms with Crippen LogP contribution < -0.4 is 5.32 Å². The quantitative estimate of drug-likeness (QED) is 0.150. The maximum atomic E-state index is 4.85. The third kappa shape index (κ3) is 18.7. The molecule has 0 saturated carbocycles. The van der Waals surface area contributed by atoms with Crippen LogP contribution in [0.3, 0.4) is 0 Å². The van der Waals surface area contributed by atoms with Crippen LogP contribution in [0.1, 0.15) is 83.5 Å². The van der Waals surface area contributed by atoms with Gasteiger partial charge in [0.05, 0.1) is 0 Å². The Hall–Kier alpha value is 0.720. The number of alkyl halides is 1. The number of unbranched alkanes of at least 4 members (excludes halogenated alkanes) is 12. The van der Waals surface area contributed by atoms with E-state index in [2.05, 4.69) is 33.9 Å². The second kappa shape index (κ2) is 17.8. The van der Waals surface area contributed by atoms with E-state index >= 15 is 0 Å². The Balaban J connectivity index is 2.94. The number of rotatable bonds is 15. The molecule has 120 valence electrons. The normalized spacial score (nSPS) is 10.7. The summed E-state index contributed by atoms with van der Waals surface area (Å²) in [6.07, 6.45) is 18.1. The molecule has 0 aliphatic heterocycles. The number of hydrogen-bond acceptors (Lipinski definition) is 1. The molecule has 0 rings (SSSR count). The molecule has 1 nitrogen and oxygen atoms in total. The first-order valence-corrected chi connectivity index (χ1v) is 10.3. The van der Waals surface area contributed by atoms with Crippen molar-refractivity contribution in [3.8, 4) is 0 Å². The lowest BCUT2D eigenvalue weighted by Gasteiger charge is -2.04. The van der Waals surface area contributed by atoms with E-state index < -0.39 is 0 Å². The number of halogens is 1. The Kier molecular flexibility index (Phi) is 18.4. The molecule has 0 fully saturated rings. The Morgan fingerprint density at radius 2 is 1.05 bits per heavy atom. The van der Waals surface area contributed by atoms with Gasteiger partial charge in [-0.15, -0.1) is 12.6 Å². The van der Waals surface area contributed by atoms with Crippen molar-refractivity contribution in [2.24, 2.45) is 0 Å². The first-order valence-electron chi connectivity index (χ1n) is 8.30. The van der Waals surface area contributed by atoms with Gasteiger partial charge in [0.25, 0.3) is 0 Å². The third-order valence-electron chi connectivity index (χ3n) is 3.59. The van der Waals surface area contributed by atoms with Gasteiger partial charge in [0.15, 0.2) is 0 Å². The number of thiol groups is 1. The molecule has 0 aliphatic rings. The molecule has 0 atom stereocenters. The van der Waals surface area contributed by atoms with Crippen LogP contribution in [0, 0.1) is 0 Å². The molecule has 0 aromatic rings. The minimum Gasteiger partial charge on any atom is -0.371 e. The molecule has 0 unspecified atom stereocenters. The number of hydrogen-bond donors (Lipinski definition) is 2. The predicted molar refractivity (Wildman–Crippen MR) is 103 cm³/mol. The molecule has 0 saturated heterocycles. The molecule has 1 N–H and O–H groups in total.